The van der Waals surface area contributed by atoms with Crippen molar-refractivity contribution in [3.63, 3.8) is 0 Å². The van der Waals surface area contributed by atoms with E-state index in [2.05, 4.69) is 217 Å². The van der Waals surface area contributed by atoms with Crippen LogP contribution < -0.4 is 5.01 Å². The molecule has 2 atom stereocenters. The van der Waals surface area contributed by atoms with Crippen LogP contribution in [0.2, 0.25) is 0 Å². The predicted octanol–water partition coefficient (Wildman–Crippen LogP) is 11.3. The summed E-state index contributed by atoms with van der Waals surface area (Å²) in [6.45, 7) is 0. The molecule has 0 amide bonds. The number of fused-ring (bicyclic) bond motifs is 6. The van der Waals surface area contributed by atoms with E-state index in [4.69, 9.17) is 0 Å². The van der Waals surface area contributed by atoms with Gasteiger partial charge in [0.25, 0.3) is 0 Å². The van der Waals surface area contributed by atoms with Gasteiger partial charge in [0.1, 0.15) is 11.0 Å². The van der Waals surface area contributed by atoms with Crippen molar-refractivity contribution in [1.82, 2.24) is 4.68 Å². The summed E-state index contributed by atoms with van der Waals surface area (Å²) in [6.07, 6.45) is 2.47. The van der Waals surface area contributed by atoms with Gasteiger partial charge in [-0.25, -0.2) is 0 Å². The Bertz CT molecular complexity index is 2830. The normalized spacial score (nSPS) is 16.8. The van der Waals surface area contributed by atoms with E-state index >= 15 is 0 Å². The Balaban J connectivity index is 1.21. The van der Waals surface area contributed by atoms with Gasteiger partial charge in [0.15, 0.2) is 11.7 Å². The number of hydrogen-bond donors (Lipinski definition) is 1. The smallest absolute Gasteiger partial charge is 0.166 e. The van der Waals surface area contributed by atoms with Crippen LogP contribution >= 0.6 is 0 Å². The first kappa shape index (κ1) is 30.8. The van der Waals surface area contributed by atoms with E-state index in [-0.39, 0.29) is 6.04 Å². The first-order chi connectivity index (χ1) is 26.8. The van der Waals surface area contributed by atoms with Crippen LogP contribution in [0.3, 0.4) is 0 Å². The van der Waals surface area contributed by atoms with Crippen molar-refractivity contribution in [3.8, 4) is 22.3 Å². The highest BCUT2D eigenvalue weighted by Gasteiger charge is 2.47. The third-order valence-electron chi connectivity index (χ3n) is 11.8. The van der Waals surface area contributed by atoms with E-state index < -0.39 is 5.41 Å². The molecular formula is C52H37N2+. The lowest BCUT2D eigenvalue weighted by molar-refractivity contribution is -0.910. The van der Waals surface area contributed by atoms with Crippen LogP contribution in [0.1, 0.15) is 39.4 Å². The molecule has 2 heteroatoms. The SMILES string of the molecule is C1=C(c2ccccc2)[NH+](n2c3ccccc3c3cc4c(cc32)C(c2ccccc2)(c2ccccc2)c2ccccc2-4)C1c1cccc(-c2ccccc2)c1. The van der Waals surface area contributed by atoms with Gasteiger partial charge in [-0.15, -0.1) is 0 Å². The number of rotatable bonds is 6. The van der Waals surface area contributed by atoms with Gasteiger partial charge >= 0.3 is 0 Å². The summed E-state index contributed by atoms with van der Waals surface area (Å²) >= 11 is 0. The lowest BCUT2D eigenvalue weighted by Crippen LogP contribution is -3.15. The molecule has 1 aliphatic carbocycles. The fraction of sp³-hybridized carbons (Fsp3) is 0.0385. The number of quaternary nitrogens is 1. The van der Waals surface area contributed by atoms with Crippen molar-refractivity contribution in [2.24, 2.45) is 0 Å². The van der Waals surface area contributed by atoms with Crippen molar-refractivity contribution in [2.45, 2.75) is 11.5 Å². The molecule has 0 saturated carbocycles. The van der Waals surface area contributed by atoms with Gasteiger partial charge in [-0.3, -0.25) is 0 Å². The van der Waals surface area contributed by atoms with Crippen LogP contribution in [0, 0.1) is 0 Å². The summed E-state index contributed by atoms with van der Waals surface area (Å²) < 4.78 is 2.59. The standard InChI is InChI=1S/C52H36N2/c1-5-18-36(19-6-1)38-22-17-23-39(32-38)50-35-49(37-20-7-2-8-21-37)54(50)53-48-31-16-14-29-43(48)45-33-44-42-28-13-15-30-46(42)52(47(44)34-51(45)53,40-24-9-3-10-25-40)41-26-11-4-12-27-41/h1-35,50H/p+1. The lowest BCUT2D eigenvalue weighted by Gasteiger charge is -2.37. The van der Waals surface area contributed by atoms with E-state index in [9.17, 15) is 0 Å². The maximum absolute atomic E-state index is 2.59. The Morgan fingerprint density at radius 2 is 1.00 bits per heavy atom. The summed E-state index contributed by atoms with van der Waals surface area (Å²) in [7, 11) is 0. The Morgan fingerprint density at radius 1 is 0.407 bits per heavy atom. The molecule has 11 rings (SSSR count). The largest absolute Gasteiger partial charge is 0.187 e. The van der Waals surface area contributed by atoms with Gasteiger partial charge < -0.3 is 0 Å². The third kappa shape index (κ3) is 4.44. The summed E-state index contributed by atoms with van der Waals surface area (Å²) in [5.41, 5.74) is 16.1. The molecule has 2 aliphatic rings. The highest BCUT2D eigenvalue weighted by Crippen LogP contribution is 2.57. The van der Waals surface area contributed by atoms with Gasteiger partial charge in [-0.1, -0.05) is 170 Å². The molecule has 2 heterocycles. The van der Waals surface area contributed by atoms with Crippen LogP contribution in [0.4, 0.5) is 0 Å². The van der Waals surface area contributed by atoms with E-state index in [1.165, 1.54) is 88.1 Å². The number of nitrogens with one attached hydrogen (secondary N) is 1. The fourth-order valence-corrected chi connectivity index (χ4v) is 9.48. The van der Waals surface area contributed by atoms with E-state index in [0.29, 0.717) is 0 Å². The lowest BCUT2D eigenvalue weighted by atomic mass is 9.67. The summed E-state index contributed by atoms with van der Waals surface area (Å²) in [5, 5.41) is 3.87. The Kier molecular flexibility index (Phi) is 6.95. The molecule has 1 N–H and O–H groups in total. The topological polar surface area (TPSA) is 9.37 Å². The first-order valence-electron chi connectivity index (χ1n) is 18.9. The number of hydrogen-bond acceptors (Lipinski definition) is 0. The van der Waals surface area contributed by atoms with Gasteiger partial charge in [0.05, 0.1) is 5.41 Å². The zero-order chi connectivity index (χ0) is 35.6. The Hall–Kier alpha value is -6.74. The van der Waals surface area contributed by atoms with Crippen LogP contribution in [0.25, 0.3) is 49.8 Å². The molecule has 1 aliphatic heterocycles. The monoisotopic (exact) mass is 689 g/mol. The molecule has 8 aromatic carbocycles. The van der Waals surface area contributed by atoms with Crippen molar-refractivity contribution in [1.29, 1.82) is 0 Å². The summed E-state index contributed by atoms with van der Waals surface area (Å²) in [4.78, 5) is 0. The molecule has 2 nitrogen and oxygen atoms in total. The second-order valence-electron chi connectivity index (χ2n) is 14.6. The van der Waals surface area contributed by atoms with Gasteiger partial charge in [-0.2, -0.15) is 9.69 Å². The van der Waals surface area contributed by atoms with Gasteiger partial charge in [0, 0.05) is 28.0 Å². The number of benzene rings is 8. The zero-order valence-corrected chi connectivity index (χ0v) is 29.7. The fourth-order valence-electron chi connectivity index (χ4n) is 9.48. The minimum atomic E-state index is -0.476. The molecule has 0 spiro atoms. The minimum absolute atomic E-state index is 0.112. The maximum Gasteiger partial charge on any atom is 0.166 e. The molecule has 0 radical (unpaired) electrons. The zero-order valence-electron chi connectivity index (χ0n) is 29.7. The molecule has 254 valence electrons. The second kappa shape index (κ2) is 12.2. The molecule has 54 heavy (non-hydrogen) atoms. The van der Waals surface area contributed by atoms with E-state index in [1.807, 2.05) is 0 Å². The van der Waals surface area contributed by atoms with Crippen LogP contribution in [-0.2, 0) is 5.41 Å². The predicted molar refractivity (Wildman–Crippen MR) is 222 cm³/mol. The molecule has 2 unspecified atom stereocenters. The summed E-state index contributed by atoms with van der Waals surface area (Å²) in [5.74, 6) is 0. The number of aromatic nitrogens is 1. The molecule has 0 bridgehead atoms. The van der Waals surface area contributed by atoms with Gasteiger partial charge in [0.2, 0.25) is 0 Å². The molecule has 0 saturated heterocycles. The van der Waals surface area contributed by atoms with Crippen molar-refractivity contribution in [3.05, 3.63) is 246 Å². The molecule has 1 aromatic heterocycles. The van der Waals surface area contributed by atoms with Crippen molar-refractivity contribution < 1.29 is 5.01 Å². The minimum Gasteiger partial charge on any atom is -0.187 e. The molecule has 9 aromatic rings. The maximum atomic E-state index is 2.59. The van der Waals surface area contributed by atoms with Crippen LogP contribution in [-0.4, -0.2) is 4.68 Å². The van der Waals surface area contributed by atoms with Gasteiger partial charge in [-0.05, 0) is 80.9 Å². The van der Waals surface area contributed by atoms with E-state index in [1.54, 1.807) is 0 Å². The van der Waals surface area contributed by atoms with E-state index in [0.717, 1.165) is 0 Å². The van der Waals surface area contributed by atoms with Crippen molar-refractivity contribution in [2.75, 3.05) is 0 Å². The number of nitrogens with zero attached hydrogens (tertiary/aromatic N) is 1. The Morgan fingerprint density at radius 3 is 1.72 bits per heavy atom. The molecule has 0 fully saturated rings. The third-order valence-corrected chi connectivity index (χ3v) is 11.8. The highest BCUT2D eigenvalue weighted by molar-refractivity contribution is 6.10. The van der Waals surface area contributed by atoms with Crippen molar-refractivity contribution >= 4 is 27.5 Å². The second-order valence-corrected chi connectivity index (χ2v) is 14.6. The van der Waals surface area contributed by atoms with Crippen LogP contribution in [0.5, 0.6) is 0 Å². The number of para-hydroxylation sites is 1. The summed E-state index contributed by atoms with van der Waals surface area (Å²) in [6, 6.07) is 76.2. The Labute approximate surface area is 315 Å². The quantitative estimate of drug-likeness (QED) is 0.178. The average Bonchev–Trinajstić information content (AvgIpc) is 3.71. The average molecular weight is 690 g/mol. The highest BCUT2D eigenvalue weighted by atomic mass is 15.6. The molecular weight excluding hydrogens is 653 g/mol. The van der Waals surface area contributed by atoms with Crippen LogP contribution in [0.15, 0.2) is 212 Å². The first-order valence-corrected chi connectivity index (χ1v) is 18.9.